The van der Waals surface area contributed by atoms with Crippen LogP contribution in [0.25, 0.3) is 22.2 Å². The molecule has 7 nitrogen and oxygen atoms in total. The van der Waals surface area contributed by atoms with Gasteiger partial charge in [-0.3, -0.25) is 9.59 Å². The van der Waals surface area contributed by atoms with Gasteiger partial charge < -0.3 is 15.0 Å². The van der Waals surface area contributed by atoms with Crippen LogP contribution in [0.2, 0.25) is 0 Å². The number of aromatic nitrogens is 2. The zero-order valence-corrected chi connectivity index (χ0v) is 10.9. The lowest BCUT2D eigenvalue weighted by Crippen LogP contribution is -2.08. The highest BCUT2D eigenvalue weighted by Gasteiger charge is 2.22. The zero-order valence-electron chi connectivity index (χ0n) is 10.0. The van der Waals surface area contributed by atoms with Crippen LogP contribution in [0.15, 0.2) is 33.5 Å². The molecule has 1 aromatic carbocycles. The molecule has 1 aromatic rings. The van der Waals surface area contributed by atoms with Gasteiger partial charge in [-0.15, -0.1) is 12.4 Å². The van der Waals surface area contributed by atoms with E-state index in [4.69, 9.17) is 9.52 Å². The second-order valence-electron chi connectivity index (χ2n) is 3.87. The number of aromatic amines is 1. The molecule has 2 aliphatic rings. The fourth-order valence-corrected chi connectivity index (χ4v) is 1.98. The lowest BCUT2D eigenvalue weighted by atomic mass is 10.1. The fraction of sp³-hybridized carbons (Fsp3) is 0.0833. The van der Waals surface area contributed by atoms with Gasteiger partial charge in [0.25, 0.3) is 5.56 Å². The van der Waals surface area contributed by atoms with Gasteiger partial charge in [-0.1, -0.05) is 12.1 Å². The number of halogens is 1. The molecule has 0 radical (unpaired) electrons. The molecule has 2 heterocycles. The summed E-state index contributed by atoms with van der Waals surface area (Å²) in [7, 11) is 0. The van der Waals surface area contributed by atoms with Crippen molar-refractivity contribution in [1.82, 2.24) is 10.2 Å². The summed E-state index contributed by atoms with van der Waals surface area (Å²) < 4.78 is 5.48. The van der Waals surface area contributed by atoms with Crippen LogP contribution in [0.5, 0.6) is 0 Å². The Labute approximate surface area is 118 Å². The Bertz CT molecular complexity index is 779. The fourth-order valence-electron chi connectivity index (χ4n) is 1.98. The first kappa shape index (κ1) is 15.7. The number of rotatable bonds is 2. The first-order valence-electron chi connectivity index (χ1n) is 5.27. The van der Waals surface area contributed by atoms with Gasteiger partial charge in [0.15, 0.2) is 0 Å². The summed E-state index contributed by atoms with van der Waals surface area (Å²) in [5, 5.41) is 15.8. The molecule has 0 spiro atoms. The summed E-state index contributed by atoms with van der Waals surface area (Å²) in [5.41, 5.74) is 0.720. The highest BCUT2D eigenvalue weighted by molar-refractivity contribution is 5.93. The molecule has 0 atom stereocenters. The van der Waals surface area contributed by atoms with Crippen molar-refractivity contribution in [2.45, 2.75) is 6.42 Å². The number of hydrogen-bond acceptors (Lipinski definition) is 4. The summed E-state index contributed by atoms with van der Waals surface area (Å²) in [4.78, 5) is 22.4. The number of carboxylic acid groups (broad SMARTS) is 1. The topological polar surface area (TPSA) is 128 Å². The van der Waals surface area contributed by atoms with E-state index in [9.17, 15) is 9.59 Å². The van der Waals surface area contributed by atoms with Gasteiger partial charge in [0.1, 0.15) is 29.0 Å². The van der Waals surface area contributed by atoms with Crippen LogP contribution in [0.4, 0.5) is 0 Å². The molecule has 20 heavy (non-hydrogen) atoms. The van der Waals surface area contributed by atoms with E-state index in [2.05, 4.69) is 10.2 Å². The van der Waals surface area contributed by atoms with Gasteiger partial charge >= 0.3 is 5.97 Å². The van der Waals surface area contributed by atoms with E-state index >= 15 is 0 Å². The van der Waals surface area contributed by atoms with Gasteiger partial charge in [-0.05, 0) is 12.1 Å². The number of aliphatic carboxylic acids is 1. The zero-order chi connectivity index (χ0) is 12.7. The number of nitrogens with one attached hydrogen (secondary N) is 1. The number of benzene rings is 1. The van der Waals surface area contributed by atoms with Crippen LogP contribution in [0, 0.1) is 0 Å². The lowest BCUT2D eigenvalue weighted by Gasteiger charge is -2.06. The quantitative estimate of drug-likeness (QED) is 0.724. The molecule has 0 aromatic heterocycles. The number of carbonyl (C=O) groups is 1. The predicted molar refractivity (Wildman–Crippen MR) is 73.5 cm³/mol. The molecular weight excluding hydrogens is 288 g/mol. The van der Waals surface area contributed by atoms with E-state index in [1.165, 1.54) is 0 Å². The Kier molecular flexibility index (Phi) is 4.49. The van der Waals surface area contributed by atoms with E-state index < -0.39 is 11.5 Å². The molecular formula is C12H11ClN2O5. The van der Waals surface area contributed by atoms with Crippen molar-refractivity contribution >= 4 is 29.3 Å². The minimum absolute atomic E-state index is 0. The number of nitrogens with zero attached hydrogens (tertiary/aromatic N) is 1. The minimum Gasteiger partial charge on any atom is -0.481 e. The maximum absolute atomic E-state index is 11.7. The Morgan fingerprint density at radius 1 is 1.35 bits per heavy atom. The summed E-state index contributed by atoms with van der Waals surface area (Å²) in [6.07, 6.45) is -0.351. The normalized spacial score (nSPS) is 10.0. The molecule has 3 rings (SSSR count). The smallest absolute Gasteiger partial charge is 0.311 e. The number of carboxylic acids is 1. The molecule has 0 fully saturated rings. The summed E-state index contributed by atoms with van der Waals surface area (Å²) in [6.45, 7) is 0. The van der Waals surface area contributed by atoms with Gasteiger partial charge in [-0.2, -0.15) is 5.10 Å². The van der Waals surface area contributed by atoms with E-state index in [1.54, 1.807) is 24.3 Å². The lowest BCUT2D eigenvalue weighted by molar-refractivity contribution is -0.136. The van der Waals surface area contributed by atoms with Crippen LogP contribution in [0.3, 0.4) is 0 Å². The van der Waals surface area contributed by atoms with E-state index in [0.29, 0.717) is 16.7 Å². The highest BCUT2D eigenvalue weighted by Crippen LogP contribution is 2.30. The first-order chi connectivity index (χ1) is 8.66. The monoisotopic (exact) mass is 298 g/mol. The molecule has 106 valence electrons. The minimum atomic E-state index is -1.06. The third-order valence-electron chi connectivity index (χ3n) is 2.70. The van der Waals surface area contributed by atoms with Crippen LogP contribution in [-0.2, 0) is 11.2 Å². The Morgan fingerprint density at radius 3 is 2.75 bits per heavy atom. The van der Waals surface area contributed by atoms with Gasteiger partial charge in [0.2, 0.25) is 0 Å². The number of hydrogen-bond donors (Lipinski definition) is 2. The first-order valence-corrected chi connectivity index (χ1v) is 5.27. The summed E-state index contributed by atoms with van der Waals surface area (Å²) >= 11 is 0. The highest BCUT2D eigenvalue weighted by atomic mass is 35.5. The third kappa shape index (κ3) is 2.36. The molecule has 0 unspecified atom stereocenters. The predicted octanol–water partition coefficient (Wildman–Crippen LogP) is 0.845. The standard InChI is InChI=1S/C12H8N2O4.ClH.H2O/c15-9(16)5-8-10-11(13-14-12(10)17)6-3-1-2-4-7(6)18-8;;/h1-4H,5H2,(H,14,17)(H,15,16);1H;1H2. The maximum Gasteiger partial charge on any atom is 0.311 e. The summed E-state index contributed by atoms with van der Waals surface area (Å²) in [6, 6.07) is 7.05. The van der Waals surface area contributed by atoms with E-state index in [-0.39, 0.29) is 35.6 Å². The Balaban J connectivity index is 0.000001000. The molecule has 0 bridgehead atoms. The largest absolute Gasteiger partial charge is 0.481 e. The number of fused-ring (bicyclic) bond motifs is 3. The van der Waals surface area contributed by atoms with E-state index in [0.717, 1.165) is 0 Å². The van der Waals surface area contributed by atoms with Gasteiger partial charge in [0.05, 0.1) is 0 Å². The number of para-hydroxylation sites is 1. The van der Waals surface area contributed by atoms with E-state index in [1.807, 2.05) is 0 Å². The molecule has 8 heteroatoms. The van der Waals surface area contributed by atoms with Gasteiger partial charge in [-0.25, -0.2) is 5.10 Å². The number of H-pyrrole nitrogens is 1. The SMILES string of the molecule is Cl.O.O=C(O)Cc1oc2ccccc2c2n[nH]c(=O)c1-2. The molecule has 0 amide bonds. The van der Waals surface area contributed by atoms with Crippen LogP contribution >= 0.6 is 12.4 Å². The van der Waals surface area contributed by atoms with Crippen molar-refractivity contribution in [3.8, 4) is 11.3 Å². The van der Waals surface area contributed by atoms with Crippen LogP contribution in [-0.4, -0.2) is 26.7 Å². The Hall–Kier alpha value is -2.38. The van der Waals surface area contributed by atoms with Crippen molar-refractivity contribution in [1.29, 1.82) is 0 Å². The average Bonchev–Trinajstić information content (AvgIpc) is 2.72. The molecule has 2 aliphatic heterocycles. The van der Waals surface area contributed by atoms with Crippen molar-refractivity contribution in [2.24, 2.45) is 0 Å². The van der Waals surface area contributed by atoms with Crippen molar-refractivity contribution in [3.05, 3.63) is 40.4 Å². The molecule has 0 saturated heterocycles. The van der Waals surface area contributed by atoms with Crippen molar-refractivity contribution in [3.63, 3.8) is 0 Å². The van der Waals surface area contributed by atoms with Crippen molar-refractivity contribution < 1.29 is 19.8 Å². The molecule has 0 aliphatic carbocycles. The molecule has 0 saturated carbocycles. The van der Waals surface area contributed by atoms with Crippen molar-refractivity contribution in [2.75, 3.05) is 0 Å². The average molecular weight is 299 g/mol. The third-order valence-corrected chi connectivity index (χ3v) is 2.70. The second-order valence-corrected chi connectivity index (χ2v) is 3.87. The Morgan fingerprint density at radius 2 is 2.05 bits per heavy atom. The summed E-state index contributed by atoms with van der Waals surface area (Å²) in [5.74, 6) is -0.939. The van der Waals surface area contributed by atoms with Gasteiger partial charge in [0, 0.05) is 5.39 Å². The van der Waals surface area contributed by atoms with Crippen LogP contribution < -0.4 is 5.56 Å². The van der Waals surface area contributed by atoms with Crippen LogP contribution in [0.1, 0.15) is 5.76 Å². The molecule has 4 N–H and O–H groups in total. The maximum atomic E-state index is 11.7. The second kappa shape index (κ2) is 5.72.